The minimum Gasteiger partial charge on any atom is -0.494 e. The van der Waals surface area contributed by atoms with Crippen LogP contribution in [0.4, 0.5) is 5.69 Å². The zero-order chi connectivity index (χ0) is 22.1. The van der Waals surface area contributed by atoms with E-state index in [1.807, 2.05) is 42.5 Å². The van der Waals surface area contributed by atoms with Crippen molar-refractivity contribution in [1.29, 1.82) is 0 Å². The third kappa shape index (κ3) is 6.70. The van der Waals surface area contributed by atoms with Gasteiger partial charge in [0.2, 0.25) is 0 Å². The molecule has 2 N–H and O–H groups in total. The summed E-state index contributed by atoms with van der Waals surface area (Å²) in [5, 5.41) is 0. The number of carbonyl (C=O) groups excluding carboxylic acids is 1. The van der Waals surface area contributed by atoms with Crippen LogP contribution in [-0.2, 0) is 0 Å². The Morgan fingerprint density at radius 1 is 0.839 bits per heavy atom. The predicted molar refractivity (Wildman–Crippen MR) is 133 cm³/mol. The van der Waals surface area contributed by atoms with Crippen LogP contribution in [0, 0.1) is 0 Å². The average molecular weight is 480 g/mol. The van der Waals surface area contributed by atoms with Crippen LogP contribution in [0.25, 0.3) is 11.1 Å². The zero-order valence-corrected chi connectivity index (χ0v) is 19.7. The van der Waals surface area contributed by atoms with E-state index in [-0.39, 0.29) is 5.78 Å². The van der Waals surface area contributed by atoms with E-state index >= 15 is 0 Å². The zero-order valence-electron chi connectivity index (χ0n) is 18.1. The summed E-state index contributed by atoms with van der Waals surface area (Å²) < 4.78 is 6.70. The van der Waals surface area contributed by atoms with Gasteiger partial charge in [-0.2, -0.15) is 0 Å². The molecule has 3 aromatic carbocycles. The number of unbranched alkanes of at least 4 members (excludes halogenated alkanes) is 5. The van der Waals surface area contributed by atoms with Crippen LogP contribution in [0.15, 0.2) is 71.2 Å². The fourth-order valence-electron chi connectivity index (χ4n) is 3.51. The van der Waals surface area contributed by atoms with Gasteiger partial charge < -0.3 is 10.5 Å². The van der Waals surface area contributed by atoms with Gasteiger partial charge in [0.05, 0.1) is 6.61 Å². The summed E-state index contributed by atoms with van der Waals surface area (Å²) in [4.78, 5) is 12.8. The minimum absolute atomic E-state index is 0.0798. The van der Waals surface area contributed by atoms with Gasteiger partial charge in [-0.3, -0.25) is 4.79 Å². The van der Waals surface area contributed by atoms with Crippen molar-refractivity contribution in [2.24, 2.45) is 0 Å². The summed E-state index contributed by atoms with van der Waals surface area (Å²) in [5.74, 6) is 0.818. The van der Waals surface area contributed by atoms with Gasteiger partial charge in [0.25, 0.3) is 0 Å². The molecule has 0 bridgehead atoms. The van der Waals surface area contributed by atoms with Crippen LogP contribution < -0.4 is 10.5 Å². The van der Waals surface area contributed by atoms with Gasteiger partial charge in [-0.1, -0.05) is 91.4 Å². The number of ether oxygens (including phenoxy) is 1. The Hall–Kier alpha value is -2.59. The van der Waals surface area contributed by atoms with Crippen LogP contribution in [0.3, 0.4) is 0 Å². The van der Waals surface area contributed by atoms with Crippen molar-refractivity contribution in [2.75, 3.05) is 12.3 Å². The first-order valence-electron chi connectivity index (χ1n) is 11.0. The number of rotatable bonds is 11. The lowest BCUT2D eigenvalue weighted by Crippen LogP contribution is -2.05. The normalized spacial score (nSPS) is 10.8. The smallest absolute Gasteiger partial charge is 0.195 e. The third-order valence-corrected chi connectivity index (χ3v) is 5.85. The molecule has 0 radical (unpaired) electrons. The summed E-state index contributed by atoms with van der Waals surface area (Å²) in [6.07, 6.45) is 7.56. The number of halogens is 1. The number of nitrogens with two attached hydrogens (primary N) is 1. The molecule has 0 amide bonds. The standard InChI is InChI=1S/C27H30BrNO2/c1-2-3-4-5-6-7-18-31-24-15-12-21(13-16-24)20-8-10-22(11-9-20)27(30)25-19-23(28)14-17-26(25)29/h8-17,19H,2-7,18,29H2,1H3. The maximum absolute atomic E-state index is 12.8. The van der Waals surface area contributed by atoms with E-state index in [4.69, 9.17) is 10.5 Å². The van der Waals surface area contributed by atoms with Gasteiger partial charge in [-0.05, 0) is 47.9 Å². The highest BCUT2D eigenvalue weighted by Crippen LogP contribution is 2.25. The monoisotopic (exact) mass is 479 g/mol. The largest absolute Gasteiger partial charge is 0.494 e. The molecule has 0 aliphatic carbocycles. The maximum atomic E-state index is 12.8. The van der Waals surface area contributed by atoms with Gasteiger partial charge in [-0.25, -0.2) is 0 Å². The minimum atomic E-state index is -0.0798. The van der Waals surface area contributed by atoms with Crippen molar-refractivity contribution in [3.05, 3.63) is 82.3 Å². The van der Waals surface area contributed by atoms with E-state index in [9.17, 15) is 4.79 Å². The first-order valence-corrected chi connectivity index (χ1v) is 11.8. The van der Waals surface area contributed by atoms with E-state index in [1.54, 1.807) is 12.1 Å². The van der Waals surface area contributed by atoms with Crippen LogP contribution in [-0.4, -0.2) is 12.4 Å². The molecule has 0 heterocycles. The lowest BCUT2D eigenvalue weighted by Gasteiger charge is -2.09. The third-order valence-electron chi connectivity index (χ3n) is 5.36. The lowest BCUT2D eigenvalue weighted by atomic mass is 9.98. The molecule has 4 heteroatoms. The molecule has 0 saturated heterocycles. The first kappa shape index (κ1) is 23.1. The van der Waals surface area contributed by atoms with Gasteiger partial charge >= 0.3 is 0 Å². The second-order valence-corrected chi connectivity index (χ2v) is 8.69. The molecular weight excluding hydrogens is 450 g/mol. The molecule has 0 aliphatic heterocycles. The average Bonchev–Trinajstić information content (AvgIpc) is 2.80. The van der Waals surface area contributed by atoms with Crippen molar-refractivity contribution >= 4 is 27.4 Å². The highest BCUT2D eigenvalue weighted by Gasteiger charge is 2.13. The number of nitrogen functional groups attached to an aromatic ring is 1. The fourth-order valence-corrected chi connectivity index (χ4v) is 3.87. The predicted octanol–water partition coefficient (Wildman–Crippen LogP) is 7.67. The molecule has 0 aromatic heterocycles. The second-order valence-electron chi connectivity index (χ2n) is 7.78. The van der Waals surface area contributed by atoms with Crippen LogP contribution in [0.1, 0.15) is 61.4 Å². The Morgan fingerprint density at radius 3 is 2.13 bits per heavy atom. The molecule has 3 aromatic rings. The molecular formula is C27H30BrNO2. The second kappa shape index (κ2) is 11.7. The summed E-state index contributed by atoms with van der Waals surface area (Å²) in [6.45, 7) is 3.00. The Labute approximate surface area is 193 Å². The first-order chi connectivity index (χ1) is 15.1. The highest BCUT2D eigenvalue weighted by molar-refractivity contribution is 9.10. The van der Waals surface area contributed by atoms with Crippen LogP contribution in [0.2, 0.25) is 0 Å². The van der Waals surface area contributed by atoms with Crippen molar-refractivity contribution < 1.29 is 9.53 Å². The van der Waals surface area contributed by atoms with Gasteiger partial charge in [-0.15, -0.1) is 0 Å². The number of hydrogen-bond acceptors (Lipinski definition) is 3. The van der Waals surface area contributed by atoms with Crippen LogP contribution >= 0.6 is 15.9 Å². The number of hydrogen-bond donors (Lipinski definition) is 1. The van der Waals surface area contributed by atoms with Crippen LogP contribution in [0.5, 0.6) is 5.75 Å². The summed E-state index contributed by atoms with van der Waals surface area (Å²) in [7, 11) is 0. The molecule has 162 valence electrons. The van der Waals surface area contributed by atoms with E-state index in [2.05, 4.69) is 35.0 Å². The molecule has 3 rings (SSSR count). The van der Waals surface area contributed by atoms with Crippen molar-refractivity contribution in [2.45, 2.75) is 45.4 Å². The molecule has 0 spiro atoms. The Bertz CT molecular complexity index is 981. The molecule has 3 nitrogen and oxygen atoms in total. The summed E-state index contributed by atoms with van der Waals surface area (Å²) in [6, 6.07) is 21.1. The fraction of sp³-hybridized carbons (Fsp3) is 0.296. The van der Waals surface area contributed by atoms with E-state index in [0.717, 1.165) is 34.4 Å². The maximum Gasteiger partial charge on any atom is 0.195 e. The number of anilines is 1. The number of ketones is 1. The lowest BCUT2D eigenvalue weighted by molar-refractivity contribution is 0.103. The molecule has 0 saturated carbocycles. The quantitative estimate of drug-likeness (QED) is 0.174. The molecule has 0 fully saturated rings. The van der Waals surface area contributed by atoms with Gasteiger partial charge in [0.1, 0.15) is 5.75 Å². The van der Waals surface area contributed by atoms with Crippen molar-refractivity contribution in [3.8, 4) is 16.9 Å². The number of carbonyl (C=O) groups is 1. The topological polar surface area (TPSA) is 52.3 Å². The Kier molecular flexibility index (Phi) is 8.72. The summed E-state index contributed by atoms with van der Waals surface area (Å²) >= 11 is 3.40. The summed E-state index contributed by atoms with van der Waals surface area (Å²) in [5.41, 5.74) is 9.73. The SMILES string of the molecule is CCCCCCCCOc1ccc(-c2ccc(C(=O)c3cc(Br)ccc3N)cc2)cc1. The Morgan fingerprint density at radius 2 is 1.45 bits per heavy atom. The molecule has 0 aliphatic rings. The van der Waals surface area contributed by atoms with E-state index < -0.39 is 0 Å². The Balaban J connectivity index is 1.56. The highest BCUT2D eigenvalue weighted by atomic mass is 79.9. The van der Waals surface area contributed by atoms with Crippen molar-refractivity contribution in [3.63, 3.8) is 0 Å². The molecule has 0 atom stereocenters. The number of benzene rings is 3. The van der Waals surface area contributed by atoms with E-state index in [1.165, 1.54) is 32.1 Å². The van der Waals surface area contributed by atoms with E-state index in [0.29, 0.717) is 16.8 Å². The van der Waals surface area contributed by atoms with Gasteiger partial charge in [0.15, 0.2) is 5.78 Å². The molecule has 0 unspecified atom stereocenters. The van der Waals surface area contributed by atoms with Crippen molar-refractivity contribution in [1.82, 2.24) is 0 Å². The molecule has 31 heavy (non-hydrogen) atoms. The van der Waals surface area contributed by atoms with Gasteiger partial charge in [0, 0.05) is 21.3 Å².